The van der Waals surface area contributed by atoms with Crippen molar-refractivity contribution in [3.05, 3.63) is 45.3 Å². The molecular weight excluding hydrogens is 444 g/mol. The van der Waals surface area contributed by atoms with Crippen molar-refractivity contribution in [1.82, 2.24) is 9.55 Å². The lowest BCUT2D eigenvalue weighted by molar-refractivity contribution is 0.305. The minimum Gasteiger partial charge on any atom is -0.494 e. The van der Waals surface area contributed by atoms with Crippen LogP contribution in [0.25, 0.3) is 22.4 Å². The predicted molar refractivity (Wildman–Crippen MR) is 111 cm³/mol. The molecule has 0 N–H and O–H groups in total. The zero-order chi connectivity index (χ0) is 17.8. The third-order valence-electron chi connectivity index (χ3n) is 4.30. The summed E-state index contributed by atoms with van der Waals surface area (Å²) >= 11 is 7.22. The van der Waals surface area contributed by atoms with Crippen molar-refractivity contribution in [2.45, 2.75) is 32.6 Å². The molecule has 5 heteroatoms. The topological polar surface area (TPSA) is 27.1 Å². The summed E-state index contributed by atoms with van der Waals surface area (Å²) in [5, 5.41) is 0. The van der Waals surface area contributed by atoms with Gasteiger partial charge < -0.3 is 9.30 Å². The SMILES string of the molecule is CCCCCCOc1ccc(-c2nc3c(Br)ccc(Br)c3n2C)cc1. The highest BCUT2D eigenvalue weighted by molar-refractivity contribution is 9.11. The molecule has 1 aromatic heterocycles. The predicted octanol–water partition coefficient (Wildman–Crippen LogP) is 6.72. The number of aromatic nitrogens is 2. The van der Waals surface area contributed by atoms with Gasteiger partial charge in [-0.05, 0) is 74.7 Å². The van der Waals surface area contributed by atoms with E-state index in [0.29, 0.717) is 0 Å². The fourth-order valence-electron chi connectivity index (χ4n) is 2.92. The molecule has 0 bridgehead atoms. The van der Waals surface area contributed by atoms with Crippen LogP contribution in [0.4, 0.5) is 0 Å². The smallest absolute Gasteiger partial charge is 0.140 e. The van der Waals surface area contributed by atoms with E-state index in [1.54, 1.807) is 0 Å². The van der Waals surface area contributed by atoms with Gasteiger partial charge in [-0.25, -0.2) is 4.98 Å². The summed E-state index contributed by atoms with van der Waals surface area (Å²) in [5.41, 5.74) is 3.12. The quantitative estimate of drug-likeness (QED) is 0.362. The number of rotatable bonds is 7. The summed E-state index contributed by atoms with van der Waals surface area (Å²) in [5.74, 6) is 1.86. The lowest BCUT2D eigenvalue weighted by atomic mass is 10.2. The highest BCUT2D eigenvalue weighted by Gasteiger charge is 2.14. The molecule has 3 aromatic rings. The molecule has 0 aliphatic heterocycles. The second-order valence-electron chi connectivity index (χ2n) is 6.15. The van der Waals surface area contributed by atoms with Crippen molar-refractivity contribution >= 4 is 42.9 Å². The van der Waals surface area contributed by atoms with Crippen LogP contribution in [0.3, 0.4) is 0 Å². The Morgan fingerprint density at radius 3 is 2.36 bits per heavy atom. The van der Waals surface area contributed by atoms with Gasteiger partial charge in [0, 0.05) is 21.6 Å². The number of imidazole rings is 1. The van der Waals surface area contributed by atoms with Crippen LogP contribution >= 0.6 is 31.9 Å². The van der Waals surface area contributed by atoms with Gasteiger partial charge in [0.05, 0.1) is 12.1 Å². The molecule has 0 radical (unpaired) electrons. The molecular formula is C20H22Br2N2O. The molecule has 0 spiro atoms. The lowest BCUT2D eigenvalue weighted by Crippen LogP contribution is -1.97. The second-order valence-corrected chi connectivity index (χ2v) is 7.86. The molecule has 0 saturated carbocycles. The molecule has 0 unspecified atom stereocenters. The van der Waals surface area contributed by atoms with Gasteiger partial charge in [0.1, 0.15) is 17.1 Å². The van der Waals surface area contributed by atoms with E-state index in [1.165, 1.54) is 19.3 Å². The van der Waals surface area contributed by atoms with Crippen molar-refractivity contribution in [2.24, 2.45) is 7.05 Å². The van der Waals surface area contributed by atoms with Crippen LogP contribution in [0.2, 0.25) is 0 Å². The van der Waals surface area contributed by atoms with E-state index in [-0.39, 0.29) is 0 Å². The molecule has 2 aromatic carbocycles. The second kappa shape index (κ2) is 8.37. The number of fused-ring (bicyclic) bond motifs is 1. The average molecular weight is 466 g/mol. The van der Waals surface area contributed by atoms with Gasteiger partial charge in [-0.15, -0.1) is 0 Å². The van der Waals surface area contributed by atoms with Crippen molar-refractivity contribution < 1.29 is 4.74 Å². The molecule has 0 saturated heterocycles. The van der Waals surface area contributed by atoms with Gasteiger partial charge in [0.15, 0.2) is 0 Å². The third-order valence-corrected chi connectivity index (χ3v) is 5.58. The summed E-state index contributed by atoms with van der Waals surface area (Å²) in [6, 6.07) is 12.2. The number of hydrogen-bond acceptors (Lipinski definition) is 2. The first-order valence-electron chi connectivity index (χ1n) is 8.65. The highest BCUT2D eigenvalue weighted by atomic mass is 79.9. The summed E-state index contributed by atoms with van der Waals surface area (Å²) in [6.45, 7) is 3.00. The van der Waals surface area contributed by atoms with Gasteiger partial charge >= 0.3 is 0 Å². The first-order chi connectivity index (χ1) is 12.1. The Morgan fingerprint density at radius 2 is 1.68 bits per heavy atom. The number of nitrogens with zero attached hydrogens (tertiary/aromatic N) is 2. The first kappa shape index (κ1) is 18.5. The van der Waals surface area contributed by atoms with E-state index < -0.39 is 0 Å². The molecule has 3 nitrogen and oxygen atoms in total. The standard InChI is InChI=1S/C20H22Br2N2O/c1-3-4-5-6-13-25-15-9-7-14(8-10-15)20-23-18-16(21)11-12-17(22)19(18)24(20)2/h7-12H,3-6,13H2,1-2H3. The molecule has 0 amide bonds. The Kier molecular flexibility index (Phi) is 6.18. The van der Waals surface area contributed by atoms with Crippen LogP contribution in [0.5, 0.6) is 5.75 Å². The van der Waals surface area contributed by atoms with Gasteiger partial charge in [-0.1, -0.05) is 26.2 Å². The molecule has 132 valence electrons. The molecule has 0 fully saturated rings. The molecule has 0 aliphatic carbocycles. The van der Waals surface area contributed by atoms with Crippen LogP contribution in [0, 0.1) is 0 Å². The number of benzene rings is 2. The minimum absolute atomic E-state index is 0.783. The third kappa shape index (κ3) is 4.09. The number of hydrogen-bond donors (Lipinski definition) is 0. The molecule has 0 aliphatic rings. The van der Waals surface area contributed by atoms with Crippen LogP contribution < -0.4 is 4.74 Å². The lowest BCUT2D eigenvalue weighted by Gasteiger charge is -2.07. The Hall–Kier alpha value is -1.33. The molecule has 0 atom stereocenters. The Labute approximate surface area is 165 Å². The zero-order valence-corrected chi connectivity index (χ0v) is 17.7. The van der Waals surface area contributed by atoms with E-state index in [9.17, 15) is 0 Å². The fraction of sp³-hybridized carbons (Fsp3) is 0.350. The van der Waals surface area contributed by atoms with Gasteiger partial charge in [0.2, 0.25) is 0 Å². The fourth-order valence-corrected chi connectivity index (χ4v) is 3.91. The van der Waals surface area contributed by atoms with Gasteiger partial charge in [0.25, 0.3) is 0 Å². The van der Waals surface area contributed by atoms with E-state index >= 15 is 0 Å². The van der Waals surface area contributed by atoms with E-state index in [4.69, 9.17) is 9.72 Å². The van der Waals surface area contributed by atoms with Gasteiger partial charge in [-0.2, -0.15) is 0 Å². The van der Waals surface area contributed by atoms with Crippen molar-refractivity contribution in [3.63, 3.8) is 0 Å². The summed E-state index contributed by atoms with van der Waals surface area (Å²) in [4.78, 5) is 4.81. The summed E-state index contributed by atoms with van der Waals surface area (Å²) in [7, 11) is 2.04. The Morgan fingerprint density at radius 1 is 0.960 bits per heavy atom. The molecule has 3 rings (SSSR count). The average Bonchev–Trinajstić information content (AvgIpc) is 2.97. The largest absolute Gasteiger partial charge is 0.494 e. The van der Waals surface area contributed by atoms with Crippen LogP contribution in [-0.4, -0.2) is 16.2 Å². The van der Waals surface area contributed by atoms with Crippen molar-refractivity contribution in [3.8, 4) is 17.1 Å². The Balaban J connectivity index is 1.79. The van der Waals surface area contributed by atoms with E-state index in [1.807, 2.05) is 31.3 Å². The summed E-state index contributed by atoms with van der Waals surface area (Å²) < 4.78 is 9.98. The highest BCUT2D eigenvalue weighted by Crippen LogP contribution is 2.33. The maximum atomic E-state index is 5.83. The number of aryl methyl sites for hydroxylation is 1. The number of halogens is 2. The molecule has 1 heterocycles. The van der Waals surface area contributed by atoms with Gasteiger partial charge in [-0.3, -0.25) is 0 Å². The first-order valence-corrected chi connectivity index (χ1v) is 10.2. The van der Waals surface area contributed by atoms with Crippen molar-refractivity contribution in [1.29, 1.82) is 0 Å². The zero-order valence-electron chi connectivity index (χ0n) is 14.6. The minimum atomic E-state index is 0.783. The van der Waals surface area contributed by atoms with Crippen molar-refractivity contribution in [2.75, 3.05) is 6.61 Å². The maximum absolute atomic E-state index is 5.83. The summed E-state index contributed by atoms with van der Waals surface area (Å²) in [6.07, 6.45) is 4.87. The maximum Gasteiger partial charge on any atom is 0.140 e. The van der Waals surface area contributed by atoms with E-state index in [2.05, 4.69) is 55.5 Å². The normalized spacial score (nSPS) is 11.2. The number of ether oxygens (including phenoxy) is 1. The Bertz CT molecular complexity index is 856. The number of unbranched alkanes of at least 4 members (excludes halogenated alkanes) is 3. The molecule has 25 heavy (non-hydrogen) atoms. The van der Waals surface area contributed by atoms with E-state index in [0.717, 1.165) is 50.1 Å². The van der Waals surface area contributed by atoms with Crippen LogP contribution in [0.1, 0.15) is 32.6 Å². The van der Waals surface area contributed by atoms with Crippen LogP contribution in [0.15, 0.2) is 45.3 Å². The van der Waals surface area contributed by atoms with Crippen LogP contribution in [-0.2, 0) is 7.05 Å². The monoisotopic (exact) mass is 464 g/mol.